The molecule has 0 aliphatic carbocycles. The van der Waals surface area contributed by atoms with Gasteiger partial charge < -0.3 is 10.8 Å². The molecule has 0 fully saturated rings. The van der Waals surface area contributed by atoms with Crippen molar-refractivity contribution in [3.05, 3.63) is 33.3 Å². The van der Waals surface area contributed by atoms with Gasteiger partial charge in [-0.05, 0) is 37.1 Å². The molecule has 0 aromatic heterocycles. The van der Waals surface area contributed by atoms with Gasteiger partial charge in [-0.2, -0.15) is 0 Å². The lowest BCUT2D eigenvalue weighted by Gasteiger charge is -2.12. The van der Waals surface area contributed by atoms with Crippen molar-refractivity contribution >= 4 is 33.5 Å². The maximum atomic E-state index is 11.0. The molecule has 0 heterocycles. The molecule has 0 saturated heterocycles. The molecule has 1 aromatic rings. The van der Waals surface area contributed by atoms with Gasteiger partial charge in [0.1, 0.15) is 0 Å². The Labute approximate surface area is 108 Å². The summed E-state index contributed by atoms with van der Waals surface area (Å²) in [6.45, 7) is 0.366. The molecule has 0 saturated carbocycles. The van der Waals surface area contributed by atoms with Crippen LogP contribution in [-0.4, -0.2) is 17.6 Å². The Bertz CT molecular complexity index is 384. The van der Waals surface area contributed by atoms with E-state index in [4.69, 9.17) is 22.4 Å². The molecule has 3 N–H and O–H groups in total. The summed E-state index contributed by atoms with van der Waals surface area (Å²) in [6.07, 6.45) is 0.875. The number of benzene rings is 1. The number of nitrogens with two attached hydrogens (primary N) is 1. The van der Waals surface area contributed by atoms with Gasteiger partial charge in [-0.1, -0.05) is 33.6 Å². The van der Waals surface area contributed by atoms with E-state index in [2.05, 4.69) is 15.9 Å². The smallest absolute Gasteiger partial charge is 0.306 e. The third-order valence-corrected chi connectivity index (χ3v) is 3.19. The first-order valence-electron chi connectivity index (χ1n) is 4.91. The Morgan fingerprint density at radius 2 is 2.25 bits per heavy atom. The second-order valence-corrected chi connectivity index (χ2v) is 4.88. The van der Waals surface area contributed by atoms with Gasteiger partial charge in [0.2, 0.25) is 0 Å². The molecule has 0 amide bonds. The summed E-state index contributed by atoms with van der Waals surface area (Å²) in [7, 11) is 0. The molecule has 1 atom stereocenters. The summed E-state index contributed by atoms with van der Waals surface area (Å²) in [5, 5.41) is 9.58. The largest absolute Gasteiger partial charge is 0.481 e. The van der Waals surface area contributed by atoms with Gasteiger partial charge in [0.25, 0.3) is 0 Å². The maximum absolute atomic E-state index is 11.0. The van der Waals surface area contributed by atoms with E-state index in [1.54, 1.807) is 6.07 Å². The van der Waals surface area contributed by atoms with Gasteiger partial charge in [0, 0.05) is 9.50 Å². The minimum absolute atomic E-state index is 0.366. The molecule has 3 nitrogen and oxygen atoms in total. The van der Waals surface area contributed by atoms with Crippen LogP contribution in [0.1, 0.15) is 12.0 Å². The van der Waals surface area contributed by atoms with E-state index in [-0.39, 0.29) is 0 Å². The van der Waals surface area contributed by atoms with E-state index in [1.807, 2.05) is 12.1 Å². The summed E-state index contributed by atoms with van der Waals surface area (Å²) in [4.78, 5) is 11.0. The lowest BCUT2D eigenvalue weighted by molar-refractivity contribution is -0.141. The van der Waals surface area contributed by atoms with Gasteiger partial charge in [-0.25, -0.2) is 0 Å². The van der Waals surface area contributed by atoms with E-state index in [1.165, 1.54) is 0 Å². The number of hydrogen-bond acceptors (Lipinski definition) is 2. The molecule has 16 heavy (non-hydrogen) atoms. The maximum Gasteiger partial charge on any atom is 0.306 e. The van der Waals surface area contributed by atoms with Crippen molar-refractivity contribution in [1.82, 2.24) is 0 Å². The van der Waals surface area contributed by atoms with Crippen molar-refractivity contribution in [3.8, 4) is 0 Å². The molecule has 0 spiro atoms. The van der Waals surface area contributed by atoms with E-state index >= 15 is 0 Å². The standard InChI is InChI=1S/C11H13BrClNO2/c12-9-2-1-7(10(13)6-9)5-8(3-4-14)11(15)16/h1-2,6,8H,3-5,14H2,(H,15,16). The number of carbonyl (C=O) groups is 1. The van der Waals surface area contributed by atoms with E-state index in [0.29, 0.717) is 24.4 Å². The highest BCUT2D eigenvalue weighted by Gasteiger charge is 2.18. The zero-order chi connectivity index (χ0) is 12.1. The van der Waals surface area contributed by atoms with Gasteiger partial charge >= 0.3 is 5.97 Å². The Balaban J connectivity index is 2.81. The molecule has 0 bridgehead atoms. The first-order chi connectivity index (χ1) is 7.54. The Morgan fingerprint density at radius 3 is 2.75 bits per heavy atom. The second-order valence-electron chi connectivity index (χ2n) is 3.55. The predicted molar refractivity (Wildman–Crippen MR) is 67.7 cm³/mol. The highest BCUT2D eigenvalue weighted by Crippen LogP contribution is 2.24. The van der Waals surface area contributed by atoms with Gasteiger partial charge in [-0.3, -0.25) is 4.79 Å². The first-order valence-corrected chi connectivity index (χ1v) is 6.08. The zero-order valence-electron chi connectivity index (χ0n) is 8.62. The van der Waals surface area contributed by atoms with Crippen LogP contribution in [0.15, 0.2) is 22.7 Å². The van der Waals surface area contributed by atoms with Crippen LogP contribution < -0.4 is 5.73 Å². The lowest BCUT2D eigenvalue weighted by atomic mass is 9.96. The quantitative estimate of drug-likeness (QED) is 0.879. The number of hydrogen-bond donors (Lipinski definition) is 2. The molecular formula is C11H13BrClNO2. The molecule has 0 aliphatic heterocycles. The third kappa shape index (κ3) is 3.77. The van der Waals surface area contributed by atoms with Crippen LogP contribution in [0.2, 0.25) is 5.02 Å². The molecule has 1 aromatic carbocycles. The van der Waals surface area contributed by atoms with Crippen LogP contribution in [0.3, 0.4) is 0 Å². The third-order valence-electron chi connectivity index (χ3n) is 2.35. The average molecular weight is 307 g/mol. The van der Waals surface area contributed by atoms with Crippen molar-refractivity contribution < 1.29 is 9.90 Å². The summed E-state index contributed by atoms with van der Waals surface area (Å²) >= 11 is 9.33. The van der Waals surface area contributed by atoms with Gasteiger partial charge in [-0.15, -0.1) is 0 Å². The number of carboxylic acid groups (broad SMARTS) is 1. The van der Waals surface area contributed by atoms with E-state index < -0.39 is 11.9 Å². The fraction of sp³-hybridized carbons (Fsp3) is 0.364. The minimum Gasteiger partial charge on any atom is -0.481 e. The van der Waals surface area contributed by atoms with Crippen LogP contribution in [0.5, 0.6) is 0 Å². The fourth-order valence-corrected chi connectivity index (χ4v) is 2.22. The lowest BCUT2D eigenvalue weighted by Crippen LogP contribution is -2.20. The monoisotopic (exact) mass is 305 g/mol. The summed E-state index contributed by atoms with van der Waals surface area (Å²) in [5.74, 6) is -1.30. The van der Waals surface area contributed by atoms with Crippen LogP contribution in [-0.2, 0) is 11.2 Å². The number of rotatable bonds is 5. The van der Waals surface area contributed by atoms with Crippen molar-refractivity contribution in [2.24, 2.45) is 11.7 Å². The minimum atomic E-state index is -0.829. The van der Waals surface area contributed by atoms with Crippen molar-refractivity contribution in [1.29, 1.82) is 0 Å². The normalized spacial score (nSPS) is 12.4. The van der Waals surface area contributed by atoms with Crippen LogP contribution in [0.25, 0.3) is 0 Å². The summed E-state index contributed by atoms with van der Waals surface area (Å²) in [5.41, 5.74) is 6.22. The van der Waals surface area contributed by atoms with Crippen molar-refractivity contribution in [3.63, 3.8) is 0 Å². The summed E-state index contributed by atoms with van der Waals surface area (Å²) < 4.78 is 0.881. The van der Waals surface area contributed by atoms with Crippen molar-refractivity contribution in [2.45, 2.75) is 12.8 Å². The van der Waals surface area contributed by atoms with Gasteiger partial charge in [0.05, 0.1) is 5.92 Å². The Kier molecular flexibility index (Phi) is 5.25. The fourth-order valence-electron chi connectivity index (χ4n) is 1.47. The second kappa shape index (κ2) is 6.23. The number of halogens is 2. The Morgan fingerprint density at radius 1 is 1.56 bits per heavy atom. The zero-order valence-corrected chi connectivity index (χ0v) is 11.0. The van der Waals surface area contributed by atoms with Crippen LogP contribution >= 0.6 is 27.5 Å². The highest BCUT2D eigenvalue weighted by molar-refractivity contribution is 9.10. The topological polar surface area (TPSA) is 63.3 Å². The molecule has 0 aliphatic rings. The average Bonchev–Trinajstić information content (AvgIpc) is 2.20. The molecular weight excluding hydrogens is 293 g/mol. The van der Waals surface area contributed by atoms with E-state index in [9.17, 15) is 4.79 Å². The Hall–Kier alpha value is -0.580. The first kappa shape index (κ1) is 13.5. The molecule has 0 radical (unpaired) electrons. The molecule has 1 unspecified atom stereocenters. The van der Waals surface area contributed by atoms with Crippen LogP contribution in [0.4, 0.5) is 0 Å². The highest BCUT2D eigenvalue weighted by atomic mass is 79.9. The van der Waals surface area contributed by atoms with Gasteiger partial charge in [0.15, 0.2) is 0 Å². The molecule has 1 rings (SSSR count). The molecule has 88 valence electrons. The molecule has 5 heteroatoms. The van der Waals surface area contributed by atoms with E-state index in [0.717, 1.165) is 10.0 Å². The number of carboxylic acids is 1. The SMILES string of the molecule is NCCC(Cc1ccc(Br)cc1Cl)C(=O)O. The van der Waals surface area contributed by atoms with Crippen LogP contribution in [0, 0.1) is 5.92 Å². The predicted octanol–water partition coefficient (Wildman–Crippen LogP) is 2.69. The number of aliphatic carboxylic acids is 1. The summed E-state index contributed by atoms with van der Waals surface area (Å²) in [6, 6.07) is 5.44. The van der Waals surface area contributed by atoms with Crippen molar-refractivity contribution in [2.75, 3.05) is 6.54 Å².